The first-order chi connectivity index (χ1) is 11.5. The third-order valence-corrected chi connectivity index (χ3v) is 4.84. The molecule has 24 heavy (non-hydrogen) atoms. The number of carbonyl (C=O) groups is 1. The number of nitrogens with one attached hydrogen (secondary N) is 1. The van der Waals surface area contributed by atoms with Crippen LogP contribution in [0.1, 0.15) is 26.7 Å². The van der Waals surface area contributed by atoms with Gasteiger partial charge in [-0.15, -0.1) is 0 Å². The van der Waals surface area contributed by atoms with E-state index in [1.165, 1.54) is 12.1 Å². The van der Waals surface area contributed by atoms with E-state index < -0.39 is 11.6 Å². The number of carbonyl (C=O) groups excluding carboxylic acids is 1. The standard InChI is InChI=1S/C17H23F2N3O2/c1-11-12(2)24-8-7-22(11)17(23)20-13-9-14(18)16(15(19)10-13)21-5-3-4-6-21/h9-12H,3-8H2,1-2H3,(H,20,23)/t11-,12-/m1/s1. The van der Waals surface area contributed by atoms with Crippen molar-refractivity contribution in [3.05, 3.63) is 23.8 Å². The lowest BCUT2D eigenvalue weighted by Gasteiger charge is -2.37. The van der Waals surface area contributed by atoms with E-state index in [2.05, 4.69) is 5.32 Å². The Morgan fingerprint density at radius 2 is 1.79 bits per heavy atom. The van der Waals surface area contributed by atoms with Crippen LogP contribution in [0.25, 0.3) is 0 Å². The minimum atomic E-state index is -0.643. The van der Waals surface area contributed by atoms with Crippen molar-refractivity contribution in [2.24, 2.45) is 0 Å². The second-order valence-corrected chi connectivity index (χ2v) is 6.42. The summed E-state index contributed by atoms with van der Waals surface area (Å²) < 4.78 is 34.1. The van der Waals surface area contributed by atoms with Crippen molar-refractivity contribution in [1.29, 1.82) is 0 Å². The van der Waals surface area contributed by atoms with Gasteiger partial charge in [-0.25, -0.2) is 13.6 Å². The first-order valence-electron chi connectivity index (χ1n) is 8.40. The molecule has 3 rings (SSSR count). The number of hydrogen-bond donors (Lipinski definition) is 1. The number of anilines is 2. The lowest BCUT2D eigenvalue weighted by atomic mass is 10.1. The van der Waals surface area contributed by atoms with Crippen LogP contribution in [-0.2, 0) is 4.74 Å². The molecular weight excluding hydrogens is 316 g/mol. The third kappa shape index (κ3) is 3.31. The van der Waals surface area contributed by atoms with Crippen molar-refractivity contribution in [3.63, 3.8) is 0 Å². The maximum Gasteiger partial charge on any atom is 0.322 e. The molecule has 2 amide bonds. The van der Waals surface area contributed by atoms with Crippen LogP contribution in [0.4, 0.5) is 25.0 Å². The predicted molar refractivity (Wildman–Crippen MR) is 88.4 cm³/mol. The maximum atomic E-state index is 14.3. The number of nitrogens with zero attached hydrogens (tertiary/aromatic N) is 2. The van der Waals surface area contributed by atoms with Gasteiger partial charge in [0.25, 0.3) is 0 Å². The Labute approximate surface area is 140 Å². The first kappa shape index (κ1) is 17.0. The van der Waals surface area contributed by atoms with Gasteiger partial charge in [0.2, 0.25) is 0 Å². The Bertz CT molecular complexity index is 597. The number of halogens is 2. The van der Waals surface area contributed by atoms with Crippen LogP contribution in [0.5, 0.6) is 0 Å². The molecular formula is C17H23F2N3O2. The molecule has 0 unspecified atom stereocenters. The van der Waals surface area contributed by atoms with E-state index in [0.29, 0.717) is 26.2 Å². The third-order valence-electron chi connectivity index (χ3n) is 4.84. The van der Waals surface area contributed by atoms with Gasteiger partial charge in [0.1, 0.15) is 5.69 Å². The summed E-state index contributed by atoms with van der Waals surface area (Å²) in [5, 5.41) is 2.59. The van der Waals surface area contributed by atoms with Gasteiger partial charge in [-0.3, -0.25) is 0 Å². The summed E-state index contributed by atoms with van der Waals surface area (Å²) in [6.45, 7) is 6.00. The Morgan fingerprint density at radius 1 is 1.17 bits per heavy atom. The second-order valence-electron chi connectivity index (χ2n) is 6.42. The minimum absolute atomic E-state index is 0.00105. The molecule has 2 aliphatic rings. The normalized spacial score (nSPS) is 24.3. The number of benzene rings is 1. The molecule has 0 spiro atoms. The molecule has 0 saturated carbocycles. The lowest BCUT2D eigenvalue weighted by molar-refractivity contribution is -0.0355. The molecule has 5 nitrogen and oxygen atoms in total. The average Bonchev–Trinajstić information content (AvgIpc) is 3.03. The Kier molecular flexibility index (Phi) is 4.89. The SMILES string of the molecule is C[C@@H]1[C@@H](C)OCCN1C(=O)Nc1cc(F)c(N2CCCC2)c(F)c1. The van der Waals surface area contributed by atoms with Crippen molar-refractivity contribution in [1.82, 2.24) is 4.90 Å². The van der Waals surface area contributed by atoms with E-state index in [0.717, 1.165) is 12.8 Å². The van der Waals surface area contributed by atoms with E-state index in [9.17, 15) is 13.6 Å². The van der Waals surface area contributed by atoms with E-state index >= 15 is 0 Å². The molecule has 2 fully saturated rings. The van der Waals surface area contributed by atoms with Gasteiger partial charge in [0.15, 0.2) is 11.6 Å². The summed E-state index contributed by atoms with van der Waals surface area (Å²) >= 11 is 0. The summed E-state index contributed by atoms with van der Waals surface area (Å²) in [6, 6.07) is 1.90. The maximum absolute atomic E-state index is 14.3. The minimum Gasteiger partial charge on any atom is -0.375 e. The molecule has 1 N–H and O–H groups in total. The number of amides is 2. The Morgan fingerprint density at radius 3 is 2.42 bits per heavy atom. The molecule has 1 aromatic carbocycles. The number of urea groups is 1. The van der Waals surface area contributed by atoms with Crippen molar-refractivity contribution < 1.29 is 18.3 Å². The lowest BCUT2D eigenvalue weighted by Crippen LogP contribution is -2.52. The van der Waals surface area contributed by atoms with Gasteiger partial charge in [0, 0.05) is 25.3 Å². The number of ether oxygens (including phenoxy) is 1. The van der Waals surface area contributed by atoms with E-state index in [4.69, 9.17) is 4.74 Å². The van der Waals surface area contributed by atoms with Gasteiger partial charge >= 0.3 is 6.03 Å². The zero-order valence-corrected chi connectivity index (χ0v) is 14.0. The van der Waals surface area contributed by atoms with Crippen molar-refractivity contribution in [2.45, 2.75) is 38.8 Å². The molecule has 2 heterocycles. The zero-order chi connectivity index (χ0) is 17.3. The fourth-order valence-electron chi connectivity index (χ4n) is 3.30. The Hall–Kier alpha value is -1.89. The summed E-state index contributed by atoms with van der Waals surface area (Å²) in [4.78, 5) is 15.7. The predicted octanol–water partition coefficient (Wildman–Crippen LogP) is 3.21. The van der Waals surface area contributed by atoms with Crippen molar-refractivity contribution in [3.8, 4) is 0 Å². The van der Waals surface area contributed by atoms with Gasteiger partial charge < -0.3 is 19.9 Å². The highest BCUT2D eigenvalue weighted by molar-refractivity contribution is 5.90. The molecule has 1 aromatic rings. The largest absolute Gasteiger partial charge is 0.375 e. The van der Waals surface area contributed by atoms with Crippen molar-refractivity contribution >= 4 is 17.4 Å². The second kappa shape index (κ2) is 6.93. The van der Waals surface area contributed by atoms with Gasteiger partial charge in [0.05, 0.1) is 18.8 Å². The molecule has 7 heteroatoms. The zero-order valence-electron chi connectivity index (χ0n) is 14.0. The summed E-state index contributed by atoms with van der Waals surface area (Å²) in [7, 11) is 0. The molecule has 2 saturated heterocycles. The molecule has 0 aromatic heterocycles. The highest BCUT2D eigenvalue weighted by Crippen LogP contribution is 2.30. The van der Waals surface area contributed by atoms with Crippen LogP contribution in [0.3, 0.4) is 0 Å². The molecule has 2 aliphatic heterocycles. The fraction of sp³-hybridized carbons (Fsp3) is 0.588. The molecule has 0 aliphatic carbocycles. The molecule has 2 atom stereocenters. The van der Waals surface area contributed by atoms with Crippen LogP contribution >= 0.6 is 0 Å². The molecule has 0 radical (unpaired) electrons. The smallest absolute Gasteiger partial charge is 0.322 e. The monoisotopic (exact) mass is 339 g/mol. The molecule has 0 bridgehead atoms. The van der Waals surface area contributed by atoms with Crippen LogP contribution in [0.2, 0.25) is 0 Å². The number of morpholine rings is 1. The highest BCUT2D eigenvalue weighted by atomic mass is 19.1. The first-order valence-corrected chi connectivity index (χ1v) is 8.40. The summed E-state index contributed by atoms with van der Waals surface area (Å²) in [5.41, 5.74) is 0.128. The summed E-state index contributed by atoms with van der Waals surface area (Å²) in [5.74, 6) is -1.29. The van der Waals surface area contributed by atoms with E-state index in [-0.39, 0.29) is 29.6 Å². The van der Waals surface area contributed by atoms with Gasteiger partial charge in [-0.05, 0) is 38.8 Å². The van der Waals surface area contributed by atoms with Crippen LogP contribution in [0, 0.1) is 11.6 Å². The Balaban J connectivity index is 1.74. The van der Waals surface area contributed by atoms with Crippen LogP contribution in [0.15, 0.2) is 12.1 Å². The quantitative estimate of drug-likeness (QED) is 0.900. The van der Waals surface area contributed by atoms with E-state index in [1.807, 2.05) is 13.8 Å². The van der Waals surface area contributed by atoms with E-state index in [1.54, 1.807) is 9.80 Å². The molecule has 132 valence electrons. The van der Waals surface area contributed by atoms with Gasteiger partial charge in [-0.1, -0.05) is 0 Å². The van der Waals surface area contributed by atoms with Gasteiger partial charge in [-0.2, -0.15) is 0 Å². The highest BCUT2D eigenvalue weighted by Gasteiger charge is 2.29. The van der Waals surface area contributed by atoms with Crippen molar-refractivity contribution in [2.75, 3.05) is 36.5 Å². The number of rotatable bonds is 2. The average molecular weight is 339 g/mol. The topological polar surface area (TPSA) is 44.8 Å². The summed E-state index contributed by atoms with van der Waals surface area (Å²) in [6.07, 6.45) is 1.80. The number of hydrogen-bond acceptors (Lipinski definition) is 3. The fourth-order valence-corrected chi connectivity index (χ4v) is 3.30. The van der Waals surface area contributed by atoms with Crippen LogP contribution < -0.4 is 10.2 Å². The van der Waals surface area contributed by atoms with Crippen LogP contribution in [-0.4, -0.2) is 49.3 Å².